The highest BCUT2D eigenvalue weighted by Crippen LogP contribution is 2.23. The smallest absolute Gasteiger partial charge is 0.311 e. The van der Waals surface area contributed by atoms with E-state index in [1.54, 1.807) is 12.1 Å². The summed E-state index contributed by atoms with van der Waals surface area (Å²) in [6.45, 7) is 9.53. The number of esters is 1. The molecule has 34 heavy (non-hydrogen) atoms. The summed E-state index contributed by atoms with van der Waals surface area (Å²) in [4.78, 5) is 49.5. The van der Waals surface area contributed by atoms with Crippen LogP contribution in [0.2, 0.25) is 0 Å². The molecule has 1 heterocycles. The summed E-state index contributed by atoms with van der Waals surface area (Å²) in [7, 11) is 0. The summed E-state index contributed by atoms with van der Waals surface area (Å²) in [5.41, 5.74) is 6.51. The number of carbonyl (C=O) groups is 4. The number of benzene rings is 2. The predicted molar refractivity (Wildman–Crippen MR) is 128 cm³/mol. The van der Waals surface area contributed by atoms with E-state index in [0.29, 0.717) is 11.3 Å². The van der Waals surface area contributed by atoms with Crippen LogP contribution >= 0.6 is 0 Å². The lowest BCUT2D eigenvalue weighted by atomic mass is 9.87. The Balaban J connectivity index is 1.51. The van der Waals surface area contributed by atoms with Gasteiger partial charge in [0.25, 0.3) is 11.8 Å². The molecule has 0 spiro atoms. The van der Waals surface area contributed by atoms with Crippen LogP contribution in [-0.2, 0) is 24.5 Å². The lowest BCUT2D eigenvalue weighted by Gasteiger charge is -2.20. The standard InChI is InChI=1S/C26H31N3O5/c1-16-7-6-8-17(2)23(16)27-21(30)15-34-25(33)19-13-22(31)29(14-19)28-24(32)18-9-11-20(12-10-18)26(3,4)5/h6-12,19H,13-15H2,1-5H3,(H,27,30)(H,28,32)/t19-/m0/s1. The van der Waals surface area contributed by atoms with E-state index in [2.05, 4.69) is 31.5 Å². The predicted octanol–water partition coefficient (Wildman–Crippen LogP) is 3.28. The first-order chi connectivity index (χ1) is 16.0. The number of amides is 3. The maximum atomic E-state index is 12.6. The minimum Gasteiger partial charge on any atom is -0.455 e. The molecule has 0 radical (unpaired) electrons. The van der Waals surface area contributed by atoms with Gasteiger partial charge < -0.3 is 10.1 Å². The van der Waals surface area contributed by atoms with Gasteiger partial charge >= 0.3 is 5.97 Å². The second-order valence-corrected chi connectivity index (χ2v) is 9.60. The summed E-state index contributed by atoms with van der Waals surface area (Å²) in [5.74, 6) is -2.70. The number of anilines is 1. The van der Waals surface area contributed by atoms with Gasteiger partial charge in [0.15, 0.2) is 6.61 Å². The Hall–Kier alpha value is -3.68. The average molecular weight is 466 g/mol. The molecule has 0 bridgehead atoms. The SMILES string of the molecule is Cc1cccc(C)c1NC(=O)COC(=O)[C@H]1CC(=O)N(NC(=O)c2ccc(C(C)(C)C)cc2)C1. The third kappa shape index (κ3) is 6.01. The molecule has 1 saturated heterocycles. The van der Waals surface area contributed by atoms with Gasteiger partial charge in [0.2, 0.25) is 5.91 Å². The third-order valence-corrected chi connectivity index (χ3v) is 5.80. The van der Waals surface area contributed by atoms with Crippen LogP contribution in [0.4, 0.5) is 5.69 Å². The number of hydrazine groups is 1. The van der Waals surface area contributed by atoms with E-state index in [1.807, 2.05) is 44.2 Å². The molecule has 2 aromatic rings. The topological polar surface area (TPSA) is 105 Å². The van der Waals surface area contributed by atoms with E-state index in [9.17, 15) is 19.2 Å². The van der Waals surface area contributed by atoms with Gasteiger partial charge in [-0.2, -0.15) is 0 Å². The molecule has 1 fully saturated rings. The Kier molecular flexibility index (Phi) is 7.39. The van der Waals surface area contributed by atoms with Crippen molar-refractivity contribution in [2.75, 3.05) is 18.5 Å². The van der Waals surface area contributed by atoms with E-state index in [-0.39, 0.29) is 24.3 Å². The van der Waals surface area contributed by atoms with Gasteiger partial charge in [-0.05, 0) is 48.1 Å². The molecule has 1 atom stereocenters. The monoisotopic (exact) mass is 465 g/mol. The molecule has 2 aromatic carbocycles. The quantitative estimate of drug-likeness (QED) is 0.637. The van der Waals surface area contributed by atoms with Crippen molar-refractivity contribution in [1.29, 1.82) is 0 Å². The lowest BCUT2D eigenvalue weighted by Crippen LogP contribution is -2.43. The van der Waals surface area contributed by atoms with Gasteiger partial charge in [0.05, 0.1) is 12.5 Å². The first-order valence-corrected chi connectivity index (χ1v) is 11.2. The minimum atomic E-state index is -0.760. The van der Waals surface area contributed by atoms with Crippen molar-refractivity contribution in [3.63, 3.8) is 0 Å². The third-order valence-electron chi connectivity index (χ3n) is 5.80. The van der Waals surface area contributed by atoms with Crippen molar-refractivity contribution in [3.05, 3.63) is 64.7 Å². The number of nitrogens with zero attached hydrogens (tertiary/aromatic N) is 1. The van der Waals surface area contributed by atoms with Crippen LogP contribution in [0, 0.1) is 19.8 Å². The molecule has 0 saturated carbocycles. The van der Waals surface area contributed by atoms with E-state index in [1.165, 1.54) is 0 Å². The lowest BCUT2D eigenvalue weighted by molar-refractivity contribution is -0.151. The first-order valence-electron chi connectivity index (χ1n) is 11.2. The molecule has 180 valence electrons. The highest BCUT2D eigenvalue weighted by atomic mass is 16.5. The summed E-state index contributed by atoms with van der Waals surface area (Å²) in [6.07, 6.45) is -0.0966. The van der Waals surface area contributed by atoms with Gasteiger partial charge in [0, 0.05) is 17.7 Å². The van der Waals surface area contributed by atoms with Crippen LogP contribution in [0.1, 0.15) is 54.2 Å². The largest absolute Gasteiger partial charge is 0.455 e. The Bertz CT molecular complexity index is 1080. The molecule has 1 aliphatic heterocycles. The number of ether oxygens (including phenoxy) is 1. The molecule has 8 nitrogen and oxygen atoms in total. The summed E-state index contributed by atoms with van der Waals surface area (Å²) >= 11 is 0. The highest BCUT2D eigenvalue weighted by molar-refractivity contribution is 5.97. The Morgan fingerprint density at radius 2 is 1.65 bits per heavy atom. The van der Waals surface area contributed by atoms with E-state index in [0.717, 1.165) is 21.7 Å². The summed E-state index contributed by atoms with van der Waals surface area (Å²) < 4.78 is 5.13. The fourth-order valence-electron chi connectivity index (χ4n) is 3.72. The molecule has 8 heteroatoms. The number of carbonyl (C=O) groups excluding carboxylic acids is 4. The van der Waals surface area contributed by atoms with Crippen molar-refractivity contribution in [2.45, 2.75) is 46.5 Å². The van der Waals surface area contributed by atoms with Crippen LogP contribution in [0.15, 0.2) is 42.5 Å². The summed E-state index contributed by atoms with van der Waals surface area (Å²) in [6, 6.07) is 12.8. The zero-order valence-electron chi connectivity index (χ0n) is 20.2. The maximum absolute atomic E-state index is 12.6. The van der Waals surface area contributed by atoms with E-state index in [4.69, 9.17) is 4.74 Å². The second kappa shape index (κ2) is 10.1. The van der Waals surface area contributed by atoms with Crippen molar-refractivity contribution in [3.8, 4) is 0 Å². The number of rotatable bonds is 6. The Morgan fingerprint density at radius 1 is 1.03 bits per heavy atom. The van der Waals surface area contributed by atoms with Crippen molar-refractivity contribution < 1.29 is 23.9 Å². The van der Waals surface area contributed by atoms with Crippen molar-refractivity contribution >= 4 is 29.4 Å². The molecule has 3 rings (SSSR count). The maximum Gasteiger partial charge on any atom is 0.311 e. The van der Waals surface area contributed by atoms with Crippen LogP contribution in [0.5, 0.6) is 0 Å². The van der Waals surface area contributed by atoms with Gasteiger partial charge in [-0.3, -0.25) is 29.6 Å². The van der Waals surface area contributed by atoms with Gasteiger partial charge in [-0.1, -0.05) is 51.1 Å². The number of hydrogen-bond acceptors (Lipinski definition) is 5. The molecule has 1 aliphatic rings. The molecule has 2 N–H and O–H groups in total. The average Bonchev–Trinajstić information content (AvgIpc) is 3.14. The van der Waals surface area contributed by atoms with Crippen LogP contribution in [-0.4, -0.2) is 41.9 Å². The molecular formula is C26H31N3O5. The highest BCUT2D eigenvalue weighted by Gasteiger charge is 2.36. The van der Waals surface area contributed by atoms with E-state index < -0.39 is 30.3 Å². The van der Waals surface area contributed by atoms with Crippen LogP contribution in [0.3, 0.4) is 0 Å². The van der Waals surface area contributed by atoms with E-state index >= 15 is 0 Å². The van der Waals surface area contributed by atoms with Gasteiger partial charge in [0.1, 0.15) is 0 Å². The second-order valence-electron chi connectivity index (χ2n) is 9.60. The molecule has 0 aromatic heterocycles. The van der Waals surface area contributed by atoms with Gasteiger partial charge in [-0.25, -0.2) is 0 Å². The normalized spacial score (nSPS) is 15.7. The van der Waals surface area contributed by atoms with Gasteiger partial charge in [-0.15, -0.1) is 0 Å². The summed E-state index contributed by atoms with van der Waals surface area (Å²) in [5, 5.41) is 3.88. The van der Waals surface area contributed by atoms with Crippen molar-refractivity contribution in [2.24, 2.45) is 5.92 Å². The van der Waals surface area contributed by atoms with Crippen molar-refractivity contribution in [1.82, 2.24) is 10.4 Å². The minimum absolute atomic E-state index is 0.0119. The zero-order valence-corrected chi connectivity index (χ0v) is 20.2. The van der Waals surface area contributed by atoms with Crippen LogP contribution < -0.4 is 10.7 Å². The fourth-order valence-corrected chi connectivity index (χ4v) is 3.72. The Labute approximate surface area is 199 Å². The first kappa shape index (κ1) is 25.0. The molecule has 0 aliphatic carbocycles. The number of hydrogen-bond donors (Lipinski definition) is 2. The molecule has 3 amide bonds. The zero-order chi connectivity index (χ0) is 25.0. The molecular weight excluding hydrogens is 434 g/mol. The fraction of sp³-hybridized carbons (Fsp3) is 0.385. The number of para-hydroxylation sites is 1. The molecule has 0 unspecified atom stereocenters. The van der Waals surface area contributed by atoms with Crippen LogP contribution in [0.25, 0.3) is 0 Å². The number of aryl methyl sites for hydroxylation is 2. The number of nitrogens with one attached hydrogen (secondary N) is 2. The Morgan fingerprint density at radius 3 is 2.24 bits per heavy atom.